The fraction of sp³-hybridized carbons (Fsp3) is 0.484. The summed E-state index contributed by atoms with van der Waals surface area (Å²) >= 11 is 0. The highest BCUT2D eigenvalue weighted by Gasteiger charge is 2.20. The lowest BCUT2D eigenvalue weighted by atomic mass is 9.78. The predicted octanol–water partition coefficient (Wildman–Crippen LogP) is 8.52. The second-order valence-corrected chi connectivity index (χ2v) is 9.28. The van der Waals surface area contributed by atoms with Crippen LogP contribution in [0, 0.1) is 23.7 Å². The molecule has 0 nitrogen and oxygen atoms in total. The Bertz CT molecular complexity index is 834. The van der Waals surface area contributed by atoms with Crippen LogP contribution < -0.4 is 0 Å². The van der Waals surface area contributed by atoms with Crippen molar-refractivity contribution in [3.8, 4) is 11.8 Å². The number of hydrogen-bond acceptors (Lipinski definition) is 0. The first kappa shape index (κ1) is 23.4. The number of benzene rings is 2. The van der Waals surface area contributed by atoms with E-state index >= 15 is 0 Å². The van der Waals surface area contributed by atoms with Gasteiger partial charge in [-0.1, -0.05) is 101 Å². The van der Waals surface area contributed by atoms with Gasteiger partial charge in [-0.05, 0) is 79.3 Å². The zero-order valence-corrected chi connectivity index (χ0v) is 19.7. The first-order valence-electron chi connectivity index (χ1n) is 12.6. The van der Waals surface area contributed by atoms with Crippen molar-refractivity contribution in [2.24, 2.45) is 11.8 Å². The molecule has 1 aliphatic rings. The van der Waals surface area contributed by atoms with Crippen LogP contribution in [-0.2, 0) is 12.8 Å². The molecular formula is C31H40. The van der Waals surface area contributed by atoms with E-state index in [1.165, 1.54) is 62.5 Å². The third-order valence-electron chi connectivity index (χ3n) is 6.77. The Labute approximate surface area is 191 Å². The standard InChI is InChI=1S/C31H40/c1-3-5-6-7-9-27-12-16-29(17-13-27)19-21-31-24-22-30(23-25-31)20-18-28-14-10-26(8-4-2)11-15-28/h5-6,12-13,16-17,22-26,28H,3-4,7-11,14-15,18,20H2,1-2H3/b6-5+. The van der Waals surface area contributed by atoms with Gasteiger partial charge in [-0.15, -0.1) is 0 Å². The molecule has 0 N–H and O–H groups in total. The summed E-state index contributed by atoms with van der Waals surface area (Å²) in [6.45, 7) is 4.50. The van der Waals surface area contributed by atoms with Crippen molar-refractivity contribution in [1.29, 1.82) is 0 Å². The van der Waals surface area contributed by atoms with E-state index in [1.807, 2.05) is 0 Å². The van der Waals surface area contributed by atoms with Gasteiger partial charge in [0.05, 0.1) is 0 Å². The fourth-order valence-electron chi connectivity index (χ4n) is 4.78. The maximum atomic E-state index is 3.33. The minimum absolute atomic E-state index is 0.943. The molecule has 0 heterocycles. The summed E-state index contributed by atoms with van der Waals surface area (Å²) in [5.41, 5.74) is 5.05. The number of hydrogen-bond donors (Lipinski definition) is 0. The maximum absolute atomic E-state index is 3.33. The van der Waals surface area contributed by atoms with E-state index < -0.39 is 0 Å². The molecule has 0 amide bonds. The molecule has 0 aliphatic heterocycles. The lowest BCUT2D eigenvalue weighted by molar-refractivity contribution is 0.252. The third kappa shape index (κ3) is 8.41. The van der Waals surface area contributed by atoms with Gasteiger partial charge in [0.15, 0.2) is 0 Å². The molecule has 3 rings (SSSR count). The number of aryl methyl sites for hydroxylation is 2. The van der Waals surface area contributed by atoms with Crippen molar-refractivity contribution in [2.75, 3.05) is 0 Å². The molecule has 0 bridgehead atoms. The summed E-state index contributed by atoms with van der Waals surface area (Å²) in [4.78, 5) is 0. The monoisotopic (exact) mass is 412 g/mol. The molecule has 0 radical (unpaired) electrons. The first-order valence-corrected chi connectivity index (χ1v) is 12.6. The summed E-state index contributed by atoms with van der Waals surface area (Å²) in [5.74, 6) is 8.60. The van der Waals surface area contributed by atoms with Gasteiger partial charge in [-0.3, -0.25) is 0 Å². The molecule has 2 aromatic carbocycles. The van der Waals surface area contributed by atoms with E-state index in [4.69, 9.17) is 0 Å². The molecule has 164 valence electrons. The lowest BCUT2D eigenvalue weighted by Gasteiger charge is -2.28. The highest BCUT2D eigenvalue weighted by molar-refractivity contribution is 5.44. The minimum Gasteiger partial charge on any atom is -0.0888 e. The second kappa shape index (κ2) is 13.2. The summed E-state index contributed by atoms with van der Waals surface area (Å²) < 4.78 is 0. The molecule has 0 atom stereocenters. The van der Waals surface area contributed by atoms with E-state index in [1.54, 1.807) is 0 Å². The zero-order chi connectivity index (χ0) is 21.7. The summed E-state index contributed by atoms with van der Waals surface area (Å²) in [5, 5.41) is 0. The number of allylic oxidation sites excluding steroid dienone is 2. The molecule has 0 spiro atoms. The van der Waals surface area contributed by atoms with Crippen LogP contribution in [0.25, 0.3) is 0 Å². The Morgan fingerprint density at radius 2 is 1.19 bits per heavy atom. The van der Waals surface area contributed by atoms with Gasteiger partial charge in [-0.2, -0.15) is 0 Å². The quantitative estimate of drug-likeness (QED) is 0.286. The van der Waals surface area contributed by atoms with Gasteiger partial charge in [0, 0.05) is 11.1 Å². The Balaban J connectivity index is 1.43. The average molecular weight is 413 g/mol. The predicted molar refractivity (Wildman–Crippen MR) is 135 cm³/mol. The van der Waals surface area contributed by atoms with Crippen LogP contribution in [0.4, 0.5) is 0 Å². The molecule has 0 heteroatoms. The van der Waals surface area contributed by atoms with E-state index in [2.05, 4.69) is 86.4 Å². The van der Waals surface area contributed by atoms with E-state index in [0.29, 0.717) is 0 Å². The van der Waals surface area contributed by atoms with Crippen LogP contribution in [0.2, 0.25) is 0 Å². The molecular weight excluding hydrogens is 372 g/mol. The van der Waals surface area contributed by atoms with Gasteiger partial charge in [0.1, 0.15) is 0 Å². The molecule has 0 aromatic heterocycles. The van der Waals surface area contributed by atoms with Crippen molar-refractivity contribution in [2.45, 2.75) is 84.5 Å². The Morgan fingerprint density at radius 1 is 0.677 bits per heavy atom. The number of rotatable bonds is 9. The molecule has 0 unspecified atom stereocenters. The van der Waals surface area contributed by atoms with Crippen molar-refractivity contribution >= 4 is 0 Å². The molecule has 1 saturated carbocycles. The minimum atomic E-state index is 0.943. The van der Waals surface area contributed by atoms with Crippen LogP contribution in [0.15, 0.2) is 60.7 Å². The second-order valence-electron chi connectivity index (χ2n) is 9.28. The van der Waals surface area contributed by atoms with Crippen molar-refractivity contribution in [3.05, 3.63) is 82.9 Å². The Morgan fingerprint density at radius 3 is 1.71 bits per heavy atom. The van der Waals surface area contributed by atoms with Crippen LogP contribution in [0.3, 0.4) is 0 Å². The summed E-state index contributed by atoms with van der Waals surface area (Å²) in [7, 11) is 0. The van der Waals surface area contributed by atoms with E-state index in [-0.39, 0.29) is 0 Å². The average Bonchev–Trinajstić information content (AvgIpc) is 2.82. The SMILES string of the molecule is CC/C=C/CCc1ccc(C#Cc2ccc(CCC3CCC(CCC)CC3)cc2)cc1. The van der Waals surface area contributed by atoms with Crippen LogP contribution >= 0.6 is 0 Å². The van der Waals surface area contributed by atoms with Gasteiger partial charge < -0.3 is 0 Å². The highest BCUT2D eigenvalue weighted by atomic mass is 14.3. The lowest BCUT2D eigenvalue weighted by Crippen LogP contribution is -2.15. The van der Waals surface area contributed by atoms with Crippen molar-refractivity contribution in [3.63, 3.8) is 0 Å². The molecule has 1 fully saturated rings. The summed E-state index contributed by atoms with van der Waals surface area (Å²) in [6.07, 6.45) is 19.0. The zero-order valence-electron chi connectivity index (χ0n) is 19.7. The summed E-state index contributed by atoms with van der Waals surface area (Å²) in [6, 6.07) is 17.7. The topological polar surface area (TPSA) is 0 Å². The first-order chi connectivity index (χ1) is 15.3. The Kier molecular flexibility index (Phi) is 9.98. The van der Waals surface area contributed by atoms with E-state index in [0.717, 1.165) is 42.2 Å². The normalized spacial score (nSPS) is 18.6. The molecule has 0 saturated heterocycles. The van der Waals surface area contributed by atoms with E-state index in [9.17, 15) is 0 Å². The smallest absolute Gasteiger partial charge is 0.0249 e. The largest absolute Gasteiger partial charge is 0.0888 e. The van der Waals surface area contributed by atoms with Crippen LogP contribution in [0.1, 0.15) is 93.9 Å². The van der Waals surface area contributed by atoms with Gasteiger partial charge in [0.25, 0.3) is 0 Å². The van der Waals surface area contributed by atoms with Gasteiger partial charge in [0.2, 0.25) is 0 Å². The van der Waals surface area contributed by atoms with Gasteiger partial charge >= 0.3 is 0 Å². The van der Waals surface area contributed by atoms with Crippen LogP contribution in [0.5, 0.6) is 0 Å². The van der Waals surface area contributed by atoms with Gasteiger partial charge in [-0.25, -0.2) is 0 Å². The third-order valence-corrected chi connectivity index (χ3v) is 6.77. The molecule has 2 aromatic rings. The van der Waals surface area contributed by atoms with Crippen LogP contribution in [-0.4, -0.2) is 0 Å². The van der Waals surface area contributed by atoms with Crippen molar-refractivity contribution < 1.29 is 0 Å². The molecule has 1 aliphatic carbocycles. The maximum Gasteiger partial charge on any atom is 0.0249 e. The highest BCUT2D eigenvalue weighted by Crippen LogP contribution is 2.33. The fourth-order valence-corrected chi connectivity index (χ4v) is 4.78. The molecule has 31 heavy (non-hydrogen) atoms. The Hall–Kier alpha value is -2.26. The van der Waals surface area contributed by atoms with Crippen molar-refractivity contribution in [1.82, 2.24) is 0 Å².